The zero-order valence-corrected chi connectivity index (χ0v) is 16.7. The number of nitrogens with one attached hydrogen (secondary N) is 2. The van der Waals surface area contributed by atoms with Crippen molar-refractivity contribution in [1.29, 1.82) is 0 Å². The number of carbonyl (C=O) groups excluding carboxylic acids is 1. The molecule has 28 heavy (non-hydrogen) atoms. The predicted octanol–water partition coefficient (Wildman–Crippen LogP) is 2.90. The van der Waals surface area contributed by atoms with Crippen molar-refractivity contribution in [1.82, 2.24) is 25.1 Å². The predicted molar refractivity (Wildman–Crippen MR) is 108 cm³/mol. The number of carbonyl (C=O) groups is 1. The Morgan fingerprint density at radius 1 is 1.39 bits per heavy atom. The molecule has 0 saturated carbocycles. The second-order valence-electron chi connectivity index (χ2n) is 6.47. The highest BCUT2D eigenvalue weighted by Gasteiger charge is 2.24. The van der Waals surface area contributed by atoms with Crippen LogP contribution in [0.25, 0.3) is 11.0 Å². The summed E-state index contributed by atoms with van der Waals surface area (Å²) in [5, 5.41) is 18.3. The highest BCUT2D eigenvalue weighted by Crippen LogP contribution is 2.22. The standard InChI is InChI=1S/C18H22N6O3S/c1-11-17(24(26)27)12(2)23(22-11)10-16(25)19-15(8-9-28-3)18-20-13-6-4-5-7-14(13)21-18/h4-7,15H,8-10H2,1-3H3,(H,19,25)(H,20,21). The topological polar surface area (TPSA) is 119 Å². The SMILES string of the molecule is CSCCC(NC(=O)Cn1nc(C)c([N+](=O)[O-])c1C)c1nc2ccccc2[nH]1. The van der Waals surface area contributed by atoms with E-state index in [1.54, 1.807) is 25.6 Å². The number of nitro groups is 1. The van der Waals surface area contributed by atoms with Gasteiger partial charge in [0.05, 0.1) is 22.0 Å². The van der Waals surface area contributed by atoms with Crippen molar-refractivity contribution in [2.75, 3.05) is 12.0 Å². The summed E-state index contributed by atoms with van der Waals surface area (Å²) in [6.45, 7) is 3.07. The van der Waals surface area contributed by atoms with E-state index in [-0.39, 0.29) is 24.2 Å². The lowest BCUT2D eigenvalue weighted by molar-refractivity contribution is -0.386. The zero-order valence-electron chi connectivity index (χ0n) is 15.9. The Morgan fingerprint density at radius 2 is 2.14 bits per heavy atom. The van der Waals surface area contributed by atoms with Gasteiger partial charge in [0, 0.05) is 0 Å². The van der Waals surface area contributed by atoms with Gasteiger partial charge in [-0.1, -0.05) is 12.1 Å². The smallest absolute Gasteiger partial charge is 0.312 e. The minimum Gasteiger partial charge on any atom is -0.345 e. The van der Waals surface area contributed by atoms with E-state index in [0.717, 1.165) is 16.8 Å². The van der Waals surface area contributed by atoms with Gasteiger partial charge >= 0.3 is 5.69 Å². The van der Waals surface area contributed by atoms with E-state index in [1.807, 2.05) is 30.5 Å². The molecule has 2 heterocycles. The fraction of sp³-hybridized carbons (Fsp3) is 0.389. The van der Waals surface area contributed by atoms with E-state index in [1.165, 1.54) is 4.68 Å². The molecule has 1 unspecified atom stereocenters. The van der Waals surface area contributed by atoms with Crippen molar-refractivity contribution in [3.63, 3.8) is 0 Å². The largest absolute Gasteiger partial charge is 0.345 e. The number of hydrogen-bond donors (Lipinski definition) is 2. The van der Waals surface area contributed by atoms with Crippen LogP contribution in [0.5, 0.6) is 0 Å². The molecule has 0 aliphatic carbocycles. The second kappa shape index (κ2) is 8.42. The van der Waals surface area contributed by atoms with Gasteiger partial charge in [-0.15, -0.1) is 0 Å². The molecule has 0 fully saturated rings. The first kappa shape index (κ1) is 19.9. The second-order valence-corrected chi connectivity index (χ2v) is 7.46. The number of H-pyrrole nitrogens is 1. The maximum absolute atomic E-state index is 12.6. The maximum Gasteiger partial charge on any atom is 0.312 e. The molecule has 0 saturated heterocycles. The molecular formula is C18H22N6O3S. The van der Waals surface area contributed by atoms with Crippen LogP contribution < -0.4 is 5.32 Å². The molecule has 148 valence electrons. The van der Waals surface area contributed by atoms with Crippen molar-refractivity contribution in [3.8, 4) is 0 Å². The first-order valence-electron chi connectivity index (χ1n) is 8.82. The summed E-state index contributed by atoms with van der Waals surface area (Å²) < 4.78 is 1.37. The highest BCUT2D eigenvalue weighted by atomic mass is 32.2. The van der Waals surface area contributed by atoms with Gasteiger partial charge in [-0.05, 0) is 44.4 Å². The minimum atomic E-state index is -0.470. The number of amides is 1. The number of aromatic amines is 1. The van der Waals surface area contributed by atoms with Crippen molar-refractivity contribution in [2.45, 2.75) is 32.9 Å². The monoisotopic (exact) mass is 402 g/mol. The van der Waals surface area contributed by atoms with Gasteiger partial charge in [0.15, 0.2) is 0 Å². The number of aryl methyl sites for hydroxylation is 1. The molecule has 3 rings (SSSR count). The van der Waals surface area contributed by atoms with Crippen molar-refractivity contribution in [3.05, 3.63) is 51.6 Å². The summed E-state index contributed by atoms with van der Waals surface area (Å²) in [6.07, 6.45) is 2.72. The first-order valence-corrected chi connectivity index (χ1v) is 10.2. The normalized spacial score (nSPS) is 12.2. The lowest BCUT2D eigenvalue weighted by Gasteiger charge is -2.16. The summed E-state index contributed by atoms with van der Waals surface area (Å²) in [4.78, 5) is 31.2. The Hall–Kier alpha value is -2.88. The number of aromatic nitrogens is 4. The average Bonchev–Trinajstić information content (AvgIpc) is 3.19. The van der Waals surface area contributed by atoms with Gasteiger partial charge < -0.3 is 10.3 Å². The molecular weight excluding hydrogens is 380 g/mol. The van der Waals surface area contributed by atoms with Gasteiger partial charge in [-0.25, -0.2) is 4.98 Å². The third-order valence-electron chi connectivity index (χ3n) is 4.50. The van der Waals surface area contributed by atoms with E-state index < -0.39 is 4.92 Å². The Balaban J connectivity index is 1.78. The van der Waals surface area contributed by atoms with Crippen LogP contribution in [0.4, 0.5) is 5.69 Å². The Kier molecular flexibility index (Phi) is 5.98. The van der Waals surface area contributed by atoms with Crippen LogP contribution >= 0.6 is 11.8 Å². The van der Waals surface area contributed by atoms with Crippen LogP contribution in [-0.2, 0) is 11.3 Å². The minimum absolute atomic E-state index is 0.0518. The number of imidazole rings is 1. The average molecular weight is 402 g/mol. The highest BCUT2D eigenvalue weighted by molar-refractivity contribution is 7.98. The van der Waals surface area contributed by atoms with Crippen molar-refractivity contribution in [2.24, 2.45) is 0 Å². The lowest BCUT2D eigenvalue weighted by atomic mass is 10.2. The van der Waals surface area contributed by atoms with E-state index >= 15 is 0 Å². The molecule has 3 aromatic rings. The summed E-state index contributed by atoms with van der Waals surface area (Å²) in [5.74, 6) is 1.28. The van der Waals surface area contributed by atoms with Crippen LogP contribution in [0.1, 0.15) is 29.7 Å². The van der Waals surface area contributed by atoms with Crippen LogP contribution in [-0.4, -0.2) is 42.6 Å². The Bertz CT molecular complexity index is 979. The van der Waals surface area contributed by atoms with Crippen molar-refractivity contribution >= 4 is 34.4 Å². The molecule has 1 amide bonds. The van der Waals surface area contributed by atoms with Crippen LogP contribution in [0.3, 0.4) is 0 Å². The lowest BCUT2D eigenvalue weighted by Crippen LogP contribution is -2.33. The summed E-state index contributed by atoms with van der Waals surface area (Å²) in [7, 11) is 0. The van der Waals surface area contributed by atoms with Crippen molar-refractivity contribution < 1.29 is 9.72 Å². The maximum atomic E-state index is 12.6. The number of benzene rings is 1. The van der Waals surface area contributed by atoms with Crippen LogP contribution in [0, 0.1) is 24.0 Å². The molecule has 0 bridgehead atoms. The number of nitrogens with zero attached hydrogens (tertiary/aromatic N) is 4. The van der Waals surface area contributed by atoms with E-state index in [9.17, 15) is 14.9 Å². The van der Waals surface area contributed by atoms with Gasteiger partial charge in [0.25, 0.3) is 0 Å². The third-order valence-corrected chi connectivity index (χ3v) is 5.15. The zero-order chi connectivity index (χ0) is 20.3. The molecule has 1 atom stereocenters. The number of rotatable bonds is 8. The van der Waals surface area contributed by atoms with Gasteiger partial charge in [-0.3, -0.25) is 19.6 Å². The molecule has 0 aliphatic rings. The molecule has 0 spiro atoms. The van der Waals surface area contributed by atoms with E-state index in [0.29, 0.717) is 23.6 Å². The van der Waals surface area contributed by atoms with Crippen LogP contribution in [0.2, 0.25) is 0 Å². The first-order chi connectivity index (χ1) is 13.4. The molecule has 10 heteroatoms. The Morgan fingerprint density at radius 3 is 2.79 bits per heavy atom. The summed E-state index contributed by atoms with van der Waals surface area (Å²) in [6, 6.07) is 7.42. The summed E-state index contributed by atoms with van der Waals surface area (Å²) >= 11 is 1.69. The van der Waals surface area contributed by atoms with E-state index in [2.05, 4.69) is 20.4 Å². The molecule has 0 aliphatic heterocycles. The molecule has 2 N–H and O–H groups in total. The Labute approximate surface area is 166 Å². The number of hydrogen-bond acceptors (Lipinski definition) is 6. The fourth-order valence-corrected chi connectivity index (χ4v) is 3.60. The number of thioether (sulfide) groups is 1. The molecule has 2 aromatic heterocycles. The molecule has 9 nitrogen and oxygen atoms in total. The van der Waals surface area contributed by atoms with E-state index in [4.69, 9.17) is 0 Å². The van der Waals surface area contributed by atoms with Gasteiger partial charge in [-0.2, -0.15) is 16.9 Å². The summed E-state index contributed by atoms with van der Waals surface area (Å²) in [5.41, 5.74) is 2.36. The van der Waals surface area contributed by atoms with Gasteiger partial charge in [0.1, 0.15) is 23.8 Å². The fourth-order valence-electron chi connectivity index (χ4n) is 3.13. The molecule has 0 radical (unpaired) electrons. The van der Waals surface area contributed by atoms with Gasteiger partial charge in [0.2, 0.25) is 5.91 Å². The quantitative estimate of drug-likeness (QED) is 0.442. The third kappa shape index (κ3) is 4.16. The molecule has 1 aromatic carbocycles. The van der Waals surface area contributed by atoms with Crippen LogP contribution in [0.15, 0.2) is 24.3 Å². The number of para-hydroxylation sites is 2. The number of fused-ring (bicyclic) bond motifs is 1.